The van der Waals surface area contributed by atoms with E-state index >= 15 is 0 Å². The van der Waals surface area contributed by atoms with E-state index in [9.17, 15) is 9.18 Å². The fourth-order valence-corrected chi connectivity index (χ4v) is 1.66. The van der Waals surface area contributed by atoms with Crippen LogP contribution in [0, 0.1) is 19.7 Å². The lowest BCUT2D eigenvalue weighted by Gasteiger charge is -2.02. The largest absolute Gasteiger partial charge is 0.288 e. The zero-order chi connectivity index (χ0) is 12.6. The van der Waals surface area contributed by atoms with Crippen molar-refractivity contribution in [3.8, 4) is 0 Å². The maximum absolute atomic E-state index is 13.1. The Kier molecular flexibility index (Phi) is 2.79. The number of ketones is 1. The van der Waals surface area contributed by atoms with Gasteiger partial charge in [-0.15, -0.1) is 0 Å². The van der Waals surface area contributed by atoms with E-state index in [1.165, 1.54) is 18.3 Å². The molecule has 0 fully saturated rings. The van der Waals surface area contributed by atoms with Crippen LogP contribution in [-0.2, 0) is 7.05 Å². The molecule has 0 aliphatic heterocycles. The van der Waals surface area contributed by atoms with Crippen LogP contribution in [0.15, 0.2) is 24.4 Å². The highest BCUT2D eigenvalue weighted by Gasteiger charge is 2.15. The molecule has 1 aromatic heterocycles. The number of hydrogen-bond acceptors (Lipinski definition) is 2. The minimum atomic E-state index is -0.301. The molecule has 0 atom stereocenters. The third-order valence-corrected chi connectivity index (χ3v) is 2.90. The predicted octanol–water partition coefficient (Wildman–Crippen LogP) is 2.41. The molecular weight excluding hydrogens is 219 g/mol. The summed E-state index contributed by atoms with van der Waals surface area (Å²) in [5.41, 5.74) is 2.31. The first kappa shape index (κ1) is 11.5. The van der Waals surface area contributed by atoms with Crippen molar-refractivity contribution in [1.29, 1.82) is 0 Å². The van der Waals surface area contributed by atoms with Crippen LogP contribution < -0.4 is 0 Å². The third kappa shape index (κ3) is 1.98. The molecule has 0 unspecified atom stereocenters. The minimum absolute atomic E-state index is 0.126. The van der Waals surface area contributed by atoms with Crippen molar-refractivity contribution in [3.05, 3.63) is 52.6 Å². The van der Waals surface area contributed by atoms with Crippen molar-refractivity contribution in [3.63, 3.8) is 0 Å². The molecule has 0 aliphatic carbocycles. The lowest BCUT2D eigenvalue weighted by Crippen LogP contribution is -2.04. The number of nitrogens with zero attached hydrogens (tertiary/aromatic N) is 2. The molecule has 0 spiro atoms. The maximum atomic E-state index is 13.1. The topological polar surface area (TPSA) is 34.9 Å². The van der Waals surface area contributed by atoms with Gasteiger partial charge in [-0.25, -0.2) is 4.39 Å². The maximum Gasteiger partial charge on any atom is 0.196 e. The van der Waals surface area contributed by atoms with E-state index in [-0.39, 0.29) is 11.6 Å². The molecule has 0 amide bonds. The monoisotopic (exact) mass is 232 g/mol. The van der Waals surface area contributed by atoms with Crippen LogP contribution in [0.4, 0.5) is 4.39 Å². The van der Waals surface area contributed by atoms with E-state index in [1.807, 2.05) is 6.92 Å². The molecule has 4 heteroatoms. The summed E-state index contributed by atoms with van der Waals surface area (Å²) in [6, 6.07) is 4.37. The first-order valence-corrected chi connectivity index (χ1v) is 5.30. The molecule has 0 aliphatic rings. The molecule has 0 saturated heterocycles. The number of aromatic nitrogens is 2. The van der Waals surface area contributed by atoms with E-state index in [1.54, 1.807) is 24.7 Å². The Labute approximate surface area is 98.9 Å². The van der Waals surface area contributed by atoms with Crippen molar-refractivity contribution in [2.45, 2.75) is 13.8 Å². The lowest BCUT2D eigenvalue weighted by atomic mass is 10.0. The van der Waals surface area contributed by atoms with Crippen LogP contribution >= 0.6 is 0 Å². The quantitative estimate of drug-likeness (QED) is 0.745. The van der Waals surface area contributed by atoms with E-state index in [2.05, 4.69) is 5.10 Å². The van der Waals surface area contributed by atoms with Crippen LogP contribution in [0.25, 0.3) is 0 Å². The van der Waals surface area contributed by atoms with E-state index in [0.29, 0.717) is 16.7 Å². The van der Waals surface area contributed by atoms with E-state index < -0.39 is 0 Å². The average molecular weight is 232 g/mol. The van der Waals surface area contributed by atoms with Gasteiger partial charge in [0.25, 0.3) is 0 Å². The molecular formula is C13H13FN2O. The van der Waals surface area contributed by atoms with Gasteiger partial charge in [0, 0.05) is 18.3 Å². The standard InChI is InChI=1S/C13H13FN2O/c1-8-6-10(4-5-12(8)14)13(17)11-7-15-16(3)9(11)2/h4-7H,1-3H3. The summed E-state index contributed by atoms with van der Waals surface area (Å²) >= 11 is 0. The zero-order valence-electron chi connectivity index (χ0n) is 9.99. The predicted molar refractivity (Wildman–Crippen MR) is 62.5 cm³/mol. The third-order valence-electron chi connectivity index (χ3n) is 2.90. The Bertz CT molecular complexity index is 587. The molecule has 0 N–H and O–H groups in total. The van der Waals surface area contributed by atoms with Gasteiger partial charge >= 0.3 is 0 Å². The lowest BCUT2D eigenvalue weighted by molar-refractivity contribution is 0.103. The van der Waals surface area contributed by atoms with Gasteiger partial charge in [0.05, 0.1) is 11.8 Å². The molecule has 1 heterocycles. The van der Waals surface area contributed by atoms with Gasteiger partial charge in [0.15, 0.2) is 5.78 Å². The number of carbonyl (C=O) groups excluding carboxylic acids is 1. The van der Waals surface area contributed by atoms with Gasteiger partial charge in [-0.1, -0.05) is 0 Å². The Morgan fingerprint density at radius 2 is 2.06 bits per heavy atom. The fourth-order valence-electron chi connectivity index (χ4n) is 1.66. The molecule has 2 rings (SSSR count). The summed E-state index contributed by atoms with van der Waals surface area (Å²) < 4.78 is 14.8. The van der Waals surface area contributed by atoms with Gasteiger partial charge in [-0.05, 0) is 37.6 Å². The summed E-state index contributed by atoms with van der Waals surface area (Å²) in [4.78, 5) is 12.2. The van der Waals surface area contributed by atoms with Gasteiger partial charge in [0.2, 0.25) is 0 Å². The second-order valence-corrected chi connectivity index (χ2v) is 4.06. The molecule has 2 aromatic rings. The van der Waals surface area contributed by atoms with Crippen LogP contribution in [0.1, 0.15) is 27.2 Å². The van der Waals surface area contributed by atoms with Crippen LogP contribution in [0.5, 0.6) is 0 Å². The molecule has 0 radical (unpaired) electrons. The highest BCUT2D eigenvalue weighted by atomic mass is 19.1. The number of carbonyl (C=O) groups is 1. The molecule has 88 valence electrons. The van der Waals surface area contributed by atoms with Gasteiger partial charge in [-0.2, -0.15) is 5.10 Å². The number of halogens is 1. The smallest absolute Gasteiger partial charge is 0.196 e. The highest BCUT2D eigenvalue weighted by Crippen LogP contribution is 2.15. The van der Waals surface area contributed by atoms with Crippen molar-refractivity contribution < 1.29 is 9.18 Å². The SMILES string of the molecule is Cc1cc(C(=O)c2cnn(C)c2C)ccc1F. The number of rotatable bonds is 2. The molecule has 1 aromatic carbocycles. The molecule has 17 heavy (non-hydrogen) atoms. The molecule has 0 bridgehead atoms. The number of hydrogen-bond donors (Lipinski definition) is 0. The Balaban J connectivity index is 2.44. The van der Waals surface area contributed by atoms with Crippen molar-refractivity contribution in [2.75, 3.05) is 0 Å². The fraction of sp³-hybridized carbons (Fsp3) is 0.231. The Morgan fingerprint density at radius 3 is 2.59 bits per heavy atom. The second-order valence-electron chi connectivity index (χ2n) is 4.06. The molecule has 3 nitrogen and oxygen atoms in total. The second kappa shape index (κ2) is 4.13. The summed E-state index contributed by atoms with van der Waals surface area (Å²) in [5, 5.41) is 4.02. The van der Waals surface area contributed by atoms with Gasteiger partial charge < -0.3 is 0 Å². The Morgan fingerprint density at radius 1 is 1.35 bits per heavy atom. The Hall–Kier alpha value is -1.97. The van der Waals surface area contributed by atoms with Gasteiger partial charge in [-0.3, -0.25) is 9.48 Å². The summed E-state index contributed by atoms with van der Waals surface area (Å²) in [6.07, 6.45) is 1.54. The van der Waals surface area contributed by atoms with Gasteiger partial charge in [0.1, 0.15) is 5.82 Å². The van der Waals surface area contributed by atoms with Crippen molar-refractivity contribution in [2.24, 2.45) is 7.05 Å². The summed E-state index contributed by atoms with van der Waals surface area (Å²) in [6.45, 7) is 3.47. The van der Waals surface area contributed by atoms with Crippen LogP contribution in [0.3, 0.4) is 0 Å². The van der Waals surface area contributed by atoms with E-state index in [0.717, 1.165) is 5.69 Å². The van der Waals surface area contributed by atoms with Crippen molar-refractivity contribution in [1.82, 2.24) is 9.78 Å². The minimum Gasteiger partial charge on any atom is -0.288 e. The zero-order valence-corrected chi connectivity index (χ0v) is 9.99. The first-order valence-electron chi connectivity index (χ1n) is 5.30. The normalized spacial score (nSPS) is 10.6. The van der Waals surface area contributed by atoms with E-state index in [4.69, 9.17) is 0 Å². The first-order chi connectivity index (χ1) is 8.00. The van der Waals surface area contributed by atoms with Crippen LogP contribution in [0.2, 0.25) is 0 Å². The highest BCUT2D eigenvalue weighted by molar-refractivity contribution is 6.09. The average Bonchev–Trinajstić information content (AvgIpc) is 2.63. The number of aryl methyl sites for hydroxylation is 2. The van der Waals surface area contributed by atoms with Crippen molar-refractivity contribution >= 4 is 5.78 Å². The number of benzene rings is 1. The van der Waals surface area contributed by atoms with Crippen LogP contribution in [-0.4, -0.2) is 15.6 Å². The summed E-state index contributed by atoms with van der Waals surface area (Å²) in [7, 11) is 1.78. The summed E-state index contributed by atoms with van der Waals surface area (Å²) in [5.74, 6) is -0.428. The molecule has 0 saturated carbocycles.